The minimum absolute atomic E-state index is 0.0989. The van der Waals surface area contributed by atoms with Gasteiger partial charge in [-0.1, -0.05) is 36.4 Å². The molecule has 5 aromatic rings. The first kappa shape index (κ1) is 28.4. The van der Waals surface area contributed by atoms with Crippen molar-refractivity contribution in [1.29, 1.82) is 0 Å². The normalized spacial score (nSPS) is 24.6. The maximum absolute atomic E-state index is 14.0. The molecule has 10 rings (SSSR count). The number of amides is 1. The largest absolute Gasteiger partial charge is 0.494 e. The van der Waals surface area contributed by atoms with Crippen LogP contribution in [0.5, 0.6) is 5.75 Å². The third kappa shape index (κ3) is 4.43. The Morgan fingerprint density at radius 2 is 1.62 bits per heavy atom. The standard InChI is InChI=1S/C39H39N5O4/c1-47-34-17-28(38(45)43-22-29-13-27-16-32(43)35(27)29)14-30-36(34)44(21-24-18-41(19-24)48-39(46)25-7-3-2-4-8-25)37(40-30)33-15-26-9-5-6-10-31(26)42(33)20-23-11-12-23/h2-10,14-15,17,23-24,27,29,32,35H,11-13,16,18-22H2,1H3/t27?,29?,32?,35-/m1/s1. The summed E-state index contributed by atoms with van der Waals surface area (Å²) < 4.78 is 10.8. The molecular formula is C39H39N5O4. The summed E-state index contributed by atoms with van der Waals surface area (Å²) in [6.45, 7) is 3.76. The summed E-state index contributed by atoms with van der Waals surface area (Å²) in [5, 5.41) is 2.94. The fourth-order valence-corrected chi connectivity index (χ4v) is 9.11. The van der Waals surface area contributed by atoms with Gasteiger partial charge in [0.15, 0.2) is 5.82 Å². The van der Waals surface area contributed by atoms with Crippen LogP contribution in [0.1, 0.15) is 46.4 Å². The Hall–Kier alpha value is -4.63. The average Bonchev–Trinajstić information content (AvgIpc) is 3.73. The minimum Gasteiger partial charge on any atom is -0.494 e. The summed E-state index contributed by atoms with van der Waals surface area (Å²) in [5.41, 5.74) is 5.17. The van der Waals surface area contributed by atoms with E-state index in [0.29, 0.717) is 60.3 Å². The molecule has 3 aliphatic carbocycles. The molecule has 4 heterocycles. The Balaban J connectivity index is 1.02. The van der Waals surface area contributed by atoms with Gasteiger partial charge in [0.05, 0.1) is 23.9 Å². The smallest absolute Gasteiger partial charge is 0.357 e. The molecule has 3 unspecified atom stereocenters. The summed E-state index contributed by atoms with van der Waals surface area (Å²) in [4.78, 5) is 39.9. The number of hydroxylamine groups is 2. The number of rotatable bonds is 9. The number of ether oxygens (including phenoxy) is 1. The third-order valence-corrected chi connectivity index (χ3v) is 11.8. The van der Waals surface area contributed by atoms with Crippen molar-refractivity contribution >= 4 is 33.8 Å². The molecule has 5 fully saturated rings. The molecule has 9 nitrogen and oxygen atoms in total. The monoisotopic (exact) mass is 641 g/mol. The molecule has 4 atom stereocenters. The van der Waals surface area contributed by atoms with Gasteiger partial charge in [0.2, 0.25) is 0 Å². The summed E-state index contributed by atoms with van der Waals surface area (Å²) in [6.07, 6.45) is 4.93. The van der Waals surface area contributed by atoms with Crippen molar-refractivity contribution in [3.63, 3.8) is 0 Å². The Morgan fingerprint density at radius 3 is 2.40 bits per heavy atom. The molecule has 3 aromatic carbocycles. The van der Waals surface area contributed by atoms with Crippen molar-refractivity contribution < 1.29 is 19.2 Å². The van der Waals surface area contributed by atoms with Gasteiger partial charge in [-0.15, -0.1) is 5.06 Å². The lowest BCUT2D eigenvalue weighted by Crippen LogP contribution is -2.53. The van der Waals surface area contributed by atoms with Crippen molar-refractivity contribution in [3.8, 4) is 17.3 Å². The molecule has 5 aliphatic rings. The van der Waals surface area contributed by atoms with E-state index < -0.39 is 0 Å². The van der Waals surface area contributed by atoms with Crippen LogP contribution in [0, 0.1) is 29.6 Å². The van der Waals surface area contributed by atoms with Gasteiger partial charge in [-0.3, -0.25) is 4.79 Å². The van der Waals surface area contributed by atoms with Gasteiger partial charge in [-0.25, -0.2) is 9.78 Å². The molecule has 0 spiro atoms. The van der Waals surface area contributed by atoms with E-state index in [2.05, 4.69) is 44.4 Å². The van der Waals surface area contributed by atoms with Crippen LogP contribution in [-0.2, 0) is 17.9 Å². The van der Waals surface area contributed by atoms with Crippen molar-refractivity contribution in [2.24, 2.45) is 29.6 Å². The predicted molar refractivity (Wildman–Crippen MR) is 181 cm³/mol. The first-order valence-corrected chi connectivity index (χ1v) is 17.5. The summed E-state index contributed by atoms with van der Waals surface area (Å²) in [5.74, 6) is 4.45. The van der Waals surface area contributed by atoms with Crippen molar-refractivity contribution in [1.82, 2.24) is 24.1 Å². The highest BCUT2D eigenvalue weighted by molar-refractivity contribution is 6.00. The molecule has 244 valence electrons. The maximum atomic E-state index is 14.0. The molecule has 0 radical (unpaired) electrons. The van der Waals surface area contributed by atoms with Crippen LogP contribution in [0.4, 0.5) is 0 Å². The van der Waals surface area contributed by atoms with E-state index in [1.165, 1.54) is 30.2 Å². The zero-order valence-corrected chi connectivity index (χ0v) is 27.1. The first-order valence-electron chi connectivity index (χ1n) is 17.5. The number of carbonyl (C=O) groups is 2. The van der Waals surface area contributed by atoms with E-state index in [4.69, 9.17) is 14.6 Å². The van der Waals surface area contributed by atoms with Crippen LogP contribution < -0.4 is 4.74 Å². The fourth-order valence-electron chi connectivity index (χ4n) is 9.11. The number of nitrogens with zero attached hydrogens (tertiary/aromatic N) is 5. The number of fused-ring (bicyclic) bond motifs is 2. The van der Waals surface area contributed by atoms with Gasteiger partial charge in [-0.2, -0.15) is 0 Å². The van der Waals surface area contributed by atoms with E-state index in [1.54, 1.807) is 24.3 Å². The predicted octanol–water partition coefficient (Wildman–Crippen LogP) is 6.26. The van der Waals surface area contributed by atoms with Crippen molar-refractivity contribution in [2.75, 3.05) is 26.7 Å². The van der Waals surface area contributed by atoms with Crippen molar-refractivity contribution in [2.45, 2.75) is 44.8 Å². The van der Waals surface area contributed by atoms with Gasteiger partial charge in [0.1, 0.15) is 11.3 Å². The number of methoxy groups -OCH3 is 1. The Kier molecular flexibility index (Phi) is 6.32. The summed E-state index contributed by atoms with van der Waals surface area (Å²) in [6, 6.07) is 24.2. The highest BCUT2D eigenvalue weighted by atomic mass is 16.7. The highest BCUT2D eigenvalue weighted by Gasteiger charge is 2.61. The van der Waals surface area contributed by atoms with Gasteiger partial charge in [0, 0.05) is 61.1 Å². The number of aromatic nitrogens is 3. The Labute approximate surface area is 279 Å². The molecule has 0 bridgehead atoms. The maximum Gasteiger partial charge on any atom is 0.357 e. The fraction of sp³-hybridized carbons (Fsp3) is 0.410. The van der Waals surface area contributed by atoms with Gasteiger partial charge >= 0.3 is 5.97 Å². The molecule has 2 aromatic heterocycles. The van der Waals surface area contributed by atoms with Crippen molar-refractivity contribution in [3.05, 3.63) is 83.9 Å². The lowest BCUT2D eigenvalue weighted by Gasteiger charge is -2.52. The van der Waals surface area contributed by atoms with E-state index in [0.717, 1.165) is 48.0 Å². The second kappa shape index (κ2) is 10.7. The van der Waals surface area contributed by atoms with Crippen LogP contribution in [0.3, 0.4) is 0 Å². The number of hydrogen-bond acceptors (Lipinski definition) is 6. The second-order valence-electron chi connectivity index (χ2n) is 14.8. The number of hydrogen-bond donors (Lipinski definition) is 0. The number of imidazole rings is 1. The van der Waals surface area contributed by atoms with E-state index in [1.807, 2.05) is 30.3 Å². The SMILES string of the molecule is COc1cc(C(=O)N2CC3CC4CC2[C@H]43)cc2nc(-c3cc4ccccc4n3CC3CC3)n(CC3CN(OC(=O)c4ccccc4)C3)c12. The average molecular weight is 642 g/mol. The zero-order valence-electron chi connectivity index (χ0n) is 27.1. The lowest BCUT2D eigenvalue weighted by atomic mass is 9.53. The summed E-state index contributed by atoms with van der Waals surface area (Å²) >= 11 is 0. The second-order valence-corrected chi connectivity index (χ2v) is 14.8. The van der Waals surface area contributed by atoms with Crippen LogP contribution in [0.15, 0.2) is 72.8 Å². The zero-order chi connectivity index (χ0) is 32.1. The highest BCUT2D eigenvalue weighted by Crippen LogP contribution is 2.60. The lowest BCUT2D eigenvalue weighted by molar-refractivity contribution is -0.175. The molecule has 9 heteroatoms. The minimum atomic E-state index is -0.338. The van der Waals surface area contributed by atoms with E-state index >= 15 is 0 Å². The van der Waals surface area contributed by atoms with Crippen LogP contribution in [0.2, 0.25) is 0 Å². The number of likely N-dealkylation sites (tertiary alicyclic amines) is 1. The topological polar surface area (TPSA) is 81.8 Å². The Bertz CT molecular complexity index is 2090. The van der Waals surface area contributed by atoms with Crippen LogP contribution in [-0.4, -0.2) is 68.7 Å². The molecule has 2 saturated heterocycles. The van der Waals surface area contributed by atoms with Gasteiger partial charge in [0.25, 0.3) is 5.91 Å². The Morgan fingerprint density at radius 1 is 0.833 bits per heavy atom. The molecule has 1 amide bonds. The van der Waals surface area contributed by atoms with E-state index in [9.17, 15) is 9.59 Å². The number of carbonyl (C=O) groups excluding carboxylic acids is 2. The molecule has 48 heavy (non-hydrogen) atoms. The van der Waals surface area contributed by atoms with Crippen LogP contribution >= 0.6 is 0 Å². The summed E-state index contributed by atoms with van der Waals surface area (Å²) in [7, 11) is 1.69. The number of para-hydroxylation sites is 1. The molecule has 0 N–H and O–H groups in total. The van der Waals surface area contributed by atoms with Crippen LogP contribution in [0.25, 0.3) is 33.5 Å². The molecule has 3 saturated carbocycles. The molecule has 2 aliphatic heterocycles. The third-order valence-electron chi connectivity index (χ3n) is 11.8. The number of benzene rings is 3. The van der Waals surface area contributed by atoms with E-state index in [-0.39, 0.29) is 17.8 Å². The van der Waals surface area contributed by atoms with Gasteiger partial charge < -0.3 is 23.6 Å². The quantitative estimate of drug-likeness (QED) is 0.189. The van der Waals surface area contributed by atoms with Gasteiger partial charge in [-0.05, 0) is 85.8 Å². The molecular weight excluding hydrogens is 602 g/mol. The first-order chi connectivity index (χ1) is 23.5.